The van der Waals surface area contributed by atoms with E-state index in [1.54, 1.807) is 0 Å². The van der Waals surface area contributed by atoms with Crippen LogP contribution < -0.4 is 4.74 Å². The number of aliphatic hydroxyl groups excluding tert-OH is 1. The van der Waals surface area contributed by atoms with Crippen molar-refractivity contribution in [2.24, 2.45) is 0 Å². The Bertz CT molecular complexity index is 693. The zero-order valence-corrected chi connectivity index (χ0v) is 10.8. The highest BCUT2D eigenvalue weighted by Gasteiger charge is 2.29. The van der Waals surface area contributed by atoms with Crippen LogP contribution in [0, 0.1) is 0 Å². The van der Waals surface area contributed by atoms with Crippen molar-refractivity contribution >= 4 is 0 Å². The Morgan fingerprint density at radius 3 is 2.40 bits per heavy atom. The molecule has 1 unspecified atom stereocenters. The van der Waals surface area contributed by atoms with Crippen LogP contribution in [0.5, 0.6) is 23.0 Å². The zero-order chi connectivity index (χ0) is 14.4. The number of methoxy groups -OCH3 is 1. The average molecular weight is 274 g/mol. The van der Waals surface area contributed by atoms with E-state index in [2.05, 4.69) is 0 Å². The van der Waals surface area contributed by atoms with E-state index in [9.17, 15) is 20.4 Å². The van der Waals surface area contributed by atoms with Gasteiger partial charge in [0.1, 0.15) is 23.0 Å². The summed E-state index contributed by atoms with van der Waals surface area (Å²) >= 11 is 0. The van der Waals surface area contributed by atoms with Crippen LogP contribution in [0.25, 0.3) is 11.1 Å². The maximum absolute atomic E-state index is 10.2. The topological polar surface area (TPSA) is 90.2 Å². The normalized spacial score (nSPS) is 16.4. The van der Waals surface area contributed by atoms with Gasteiger partial charge in [0, 0.05) is 29.7 Å². The Balaban J connectivity index is 2.38. The second kappa shape index (κ2) is 4.31. The molecule has 2 aromatic carbocycles. The Morgan fingerprint density at radius 1 is 1.00 bits per heavy atom. The van der Waals surface area contributed by atoms with Gasteiger partial charge in [0.25, 0.3) is 0 Å². The highest BCUT2D eigenvalue weighted by atomic mass is 16.5. The van der Waals surface area contributed by atoms with E-state index in [1.807, 2.05) is 0 Å². The number of phenolic OH excluding ortho intramolecular Hbond substituents is 3. The quantitative estimate of drug-likeness (QED) is 0.639. The predicted molar refractivity (Wildman–Crippen MR) is 72.1 cm³/mol. The molecule has 0 saturated heterocycles. The van der Waals surface area contributed by atoms with Crippen molar-refractivity contribution in [3.63, 3.8) is 0 Å². The van der Waals surface area contributed by atoms with E-state index >= 15 is 0 Å². The number of aromatic hydroxyl groups is 3. The average Bonchev–Trinajstić information content (AvgIpc) is 2.37. The van der Waals surface area contributed by atoms with Gasteiger partial charge in [-0.1, -0.05) is 0 Å². The molecular weight excluding hydrogens is 260 g/mol. The van der Waals surface area contributed by atoms with Crippen LogP contribution in [0.1, 0.15) is 17.2 Å². The molecule has 0 radical (unpaired) electrons. The highest BCUT2D eigenvalue weighted by Crippen LogP contribution is 2.49. The van der Waals surface area contributed by atoms with Crippen molar-refractivity contribution in [2.75, 3.05) is 7.11 Å². The number of phenols is 3. The van der Waals surface area contributed by atoms with Crippen LogP contribution in [0.2, 0.25) is 0 Å². The third-order valence-electron chi connectivity index (χ3n) is 3.54. The lowest BCUT2D eigenvalue weighted by molar-refractivity contribution is 0.176. The zero-order valence-electron chi connectivity index (χ0n) is 10.8. The molecule has 3 rings (SSSR count). The third-order valence-corrected chi connectivity index (χ3v) is 3.54. The molecule has 0 spiro atoms. The van der Waals surface area contributed by atoms with Gasteiger partial charge in [0.05, 0.1) is 13.2 Å². The van der Waals surface area contributed by atoms with Crippen LogP contribution in [0.3, 0.4) is 0 Å². The number of hydrogen-bond donors (Lipinski definition) is 4. The van der Waals surface area contributed by atoms with E-state index in [4.69, 9.17) is 4.74 Å². The molecule has 0 saturated carbocycles. The van der Waals surface area contributed by atoms with E-state index in [0.29, 0.717) is 28.0 Å². The predicted octanol–water partition coefficient (Wildman–Crippen LogP) is 2.07. The molecule has 0 bridgehead atoms. The van der Waals surface area contributed by atoms with Crippen LogP contribution in [-0.4, -0.2) is 27.5 Å². The summed E-state index contributed by atoms with van der Waals surface area (Å²) in [6, 6.07) is 5.63. The SMILES string of the molecule is COc1cc(O)cc2c1-c1c(O)cc(O)cc1C(O)C2. The van der Waals surface area contributed by atoms with Gasteiger partial charge >= 0.3 is 0 Å². The van der Waals surface area contributed by atoms with E-state index in [-0.39, 0.29) is 23.7 Å². The number of benzene rings is 2. The van der Waals surface area contributed by atoms with Gasteiger partial charge in [0.15, 0.2) is 0 Å². The minimum absolute atomic E-state index is 0.0366. The fraction of sp³-hybridized carbons (Fsp3) is 0.200. The van der Waals surface area contributed by atoms with Crippen LogP contribution in [0.4, 0.5) is 0 Å². The monoisotopic (exact) mass is 274 g/mol. The van der Waals surface area contributed by atoms with Crippen LogP contribution in [0.15, 0.2) is 24.3 Å². The maximum atomic E-state index is 10.2. The molecule has 4 N–H and O–H groups in total. The van der Waals surface area contributed by atoms with Gasteiger partial charge in [-0.2, -0.15) is 0 Å². The number of rotatable bonds is 1. The van der Waals surface area contributed by atoms with E-state index in [0.717, 1.165) is 0 Å². The standard InChI is InChI=1S/C15H14O5/c1-20-13-6-8(16)2-7-3-11(18)10-4-9(17)5-12(19)15(10)14(7)13/h2,4-6,11,16-19H,3H2,1H3. The molecule has 1 atom stereocenters. The Labute approximate surface area is 115 Å². The molecule has 5 heteroatoms. The molecule has 5 nitrogen and oxygen atoms in total. The third kappa shape index (κ3) is 1.75. The molecule has 0 aliphatic heterocycles. The Hall–Kier alpha value is -2.40. The first-order chi connectivity index (χ1) is 9.51. The molecule has 0 amide bonds. The number of ether oxygens (including phenoxy) is 1. The summed E-state index contributed by atoms with van der Waals surface area (Å²) < 4.78 is 5.26. The van der Waals surface area contributed by atoms with Crippen molar-refractivity contribution < 1.29 is 25.2 Å². The first-order valence-corrected chi connectivity index (χ1v) is 6.15. The molecule has 20 heavy (non-hydrogen) atoms. The first-order valence-electron chi connectivity index (χ1n) is 6.15. The minimum Gasteiger partial charge on any atom is -0.508 e. The lowest BCUT2D eigenvalue weighted by Crippen LogP contribution is -2.11. The summed E-state index contributed by atoms with van der Waals surface area (Å²) in [4.78, 5) is 0. The largest absolute Gasteiger partial charge is 0.508 e. The van der Waals surface area contributed by atoms with Gasteiger partial charge in [-0.05, 0) is 23.3 Å². The van der Waals surface area contributed by atoms with E-state index < -0.39 is 6.10 Å². The second-order valence-corrected chi connectivity index (χ2v) is 4.83. The first kappa shape index (κ1) is 12.6. The van der Waals surface area contributed by atoms with Crippen molar-refractivity contribution in [1.82, 2.24) is 0 Å². The van der Waals surface area contributed by atoms with Gasteiger partial charge < -0.3 is 25.2 Å². The minimum atomic E-state index is -0.859. The second-order valence-electron chi connectivity index (χ2n) is 4.83. The summed E-state index contributed by atoms with van der Waals surface area (Å²) in [5, 5.41) is 39.5. The van der Waals surface area contributed by atoms with Crippen molar-refractivity contribution in [3.05, 3.63) is 35.4 Å². The molecule has 0 heterocycles. The Kier molecular flexibility index (Phi) is 2.72. The molecular formula is C15H14O5. The Morgan fingerprint density at radius 2 is 1.70 bits per heavy atom. The van der Waals surface area contributed by atoms with E-state index in [1.165, 1.54) is 31.4 Å². The summed E-state index contributed by atoms with van der Waals surface area (Å²) in [5.74, 6) is 0.203. The summed E-state index contributed by atoms with van der Waals surface area (Å²) in [6.07, 6.45) is -0.585. The van der Waals surface area contributed by atoms with Gasteiger partial charge in [-0.15, -0.1) is 0 Å². The molecule has 1 aliphatic rings. The highest BCUT2D eigenvalue weighted by molar-refractivity contribution is 5.84. The van der Waals surface area contributed by atoms with Crippen molar-refractivity contribution in [3.8, 4) is 34.1 Å². The molecule has 2 aromatic rings. The summed E-state index contributed by atoms with van der Waals surface area (Å²) in [5.41, 5.74) is 2.18. The number of fused-ring (bicyclic) bond motifs is 3. The molecule has 1 aliphatic carbocycles. The van der Waals surface area contributed by atoms with Gasteiger partial charge in [0.2, 0.25) is 0 Å². The van der Waals surface area contributed by atoms with Gasteiger partial charge in [-0.3, -0.25) is 0 Å². The summed E-state index contributed by atoms with van der Waals surface area (Å²) in [7, 11) is 1.47. The lowest BCUT2D eigenvalue weighted by atomic mass is 9.82. The lowest BCUT2D eigenvalue weighted by Gasteiger charge is -2.27. The maximum Gasteiger partial charge on any atom is 0.130 e. The molecule has 0 aromatic heterocycles. The number of hydrogen-bond acceptors (Lipinski definition) is 5. The fourth-order valence-electron chi connectivity index (χ4n) is 2.75. The smallest absolute Gasteiger partial charge is 0.130 e. The van der Waals surface area contributed by atoms with Crippen molar-refractivity contribution in [1.29, 1.82) is 0 Å². The molecule has 104 valence electrons. The van der Waals surface area contributed by atoms with Gasteiger partial charge in [-0.25, -0.2) is 0 Å². The summed E-state index contributed by atoms with van der Waals surface area (Å²) in [6.45, 7) is 0. The van der Waals surface area contributed by atoms with Crippen LogP contribution >= 0.6 is 0 Å². The van der Waals surface area contributed by atoms with Crippen molar-refractivity contribution in [2.45, 2.75) is 12.5 Å². The number of aliphatic hydroxyl groups is 1. The van der Waals surface area contributed by atoms with Crippen LogP contribution in [-0.2, 0) is 6.42 Å². The fourth-order valence-corrected chi connectivity index (χ4v) is 2.75. The molecule has 0 fully saturated rings.